The number of carbonyl (C=O) groups excluding carboxylic acids is 1. The first kappa shape index (κ1) is 19.4. The van der Waals surface area contributed by atoms with E-state index in [0.29, 0.717) is 17.3 Å². The van der Waals surface area contributed by atoms with Crippen molar-refractivity contribution in [3.05, 3.63) is 64.3 Å². The van der Waals surface area contributed by atoms with Gasteiger partial charge in [-0.15, -0.1) is 0 Å². The van der Waals surface area contributed by atoms with E-state index in [1.807, 2.05) is 6.07 Å². The van der Waals surface area contributed by atoms with Crippen LogP contribution in [0.15, 0.2) is 42.5 Å². The summed E-state index contributed by atoms with van der Waals surface area (Å²) in [5, 5.41) is 3.47. The minimum atomic E-state index is -0.00161. The normalized spacial score (nSPS) is 17.7. The van der Waals surface area contributed by atoms with E-state index in [4.69, 9.17) is 16.3 Å². The molecule has 3 rings (SSSR count). The number of rotatable bonds is 4. The van der Waals surface area contributed by atoms with Gasteiger partial charge in [-0.3, -0.25) is 4.79 Å². The van der Waals surface area contributed by atoms with Gasteiger partial charge in [0, 0.05) is 18.0 Å². The van der Waals surface area contributed by atoms with E-state index >= 15 is 0 Å². The van der Waals surface area contributed by atoms with Crippen molar-refractivity contribution in [2.24, 2.45) is 0 Å². The SMILES string of the molecule is COc1nc(/C(=C/[C@H]2CCC(=O)N2)c2ccc(C(C)(C)C)cc2)ccc1Cl. The summed E-state index contributed by atoms with van der Waals surface area (Å²) in [6.45, 7) is 6.58. The van der Waals surface area contributed by atoms with E-state index in [0.717, 1.165) is 23.3 Å². The van der Waals surface area contributed by atoms with Gasteiger partial charge in [-0.2, -0.15) is 0 Å². The molecule has 1 fully saturated rings. The number of ether oxygens (including phenoxy) is 1. The van der Waals surface area contributed by atoms with Gasteiger partial charge in [0.1, 0.15) is 5.02 Å². The van der Waals surface area contributed by atoms with Crippen molar-refractivity contribution in [3.8, 4) is 5.88 Å². The summed E-state index contributed by atoms with van der Waals surface area (Å²) < 4.78 is 5.28. The third-order valence-corrected chi connectivity index (χ3v) is 5.03. The van der Waals surface area contributed by atoms with Crippen LogP contribution in [-0.2, 0) is 10.2 Å². The van der Waals surface area contributed by atoms with Gasteiger partial charge in [0.05, 0.1) is 12.8 Å². The van der Waals surface area contributed by atoms with Crippen LogP contribution in [-0.4, -0.2) is 24.0 Å². The molecular formula is C22H25ClN2O2. The predicted octanol–water partition coefficient (Wildman–Crippen LogP) is 4.75. The summed E-state index contributed by atoms with van der Waals surface area (Å²) in [5.41, 5.74) is 4.12. The van der Waals surface area contributed by atoms with Gasteiger partial charge in [0.2, 0.25) is 11.8 Å². The predicted molar refractivity (Wildman–Crippen MR) is 109 cm³/mol. The molecule has 1 aromatic heterocycles. The van der Waals surface area contributed by atoms with Crippen LogP contribution in [0.1, 0.15) is 50.4 Å². The van der Waals surface area contributed by atoms with Crippen molar-refractivity contribution in [2.75, 3.05) is 7.11 Å². The second-order valence-corrected chi connectivity index (χ2v) is 8.22. The van der Waals surface area contributed by atoms with Crippen molar-refractivity contribution in [2.45, 2.75) is 45.1 Å². The van der Waals surface area contributed by atoms with Crippen LogP contribution in [0.3, 0.4) is 0 Å². The quantitative estimate of drug-likeness (QED) is 0.827. The molecule has 2 aromatic rings. The molecule has 1 aromatic carbocycles. The van der Waals surface area contributed by atoms with Crippen LogP contribution in [0.4, 0.5) is 0 Å². The Hall–Kier alpha value is -2.33. The van der Waals surface area contributed by atoms with Gasteiger partial charge >= 0.3 is 0 Å². The lowest BCUT2D eigenvalue weighted by Crippen LogP contribution is -2.23. The first-order valence-corrected chi connectivity index (χ1v) is 9.49. The molecule has 0 aliphatic carbocycles. The highest BCUT2D eigenvalue weighted by Gasteiger charge is 2.21. The first-order chi connectivity index (χ1) is 12.8. The average molecular weight is 385 g/mol. The van der Waals surface area contributed by atoms with Crippen LogP contribution in [0, 0.1) is 0 Å². The van der Waals surface area contributed by atoms with Crippen molar-refractivity contribution in [1.29, 1.82) is 0 Å². The van der Waals surface area contributed by atoms with Gasteiger partial charge in [-0.1, -0.05) is 62.7 Å². The number of nitrogens with zero attached hydrogens (tertiary/aromatic N) is 1. The molecular weight excluding hydrogens is 360 g/mol. The molecule has 1 aliphatic heterocycles. The number of hydrogen-bond acceptors (Lipinski definition) is 3. The Labute approximate surface area is 165 Å². The summed E-state index contributed by atoms with van der Waals surface area (Å²) in [4.78, 5) is 16.2. The average Bonchev–Trinajstić information content (AvgIpc) is 3.05. The summed E-state index contributed by atoms with van der Waals surface area (Å²) in [5.74, 6) is 0.474. The minimum absolute atomic E-state index is 0.00161. The number of hydrogen-bond donors (Lipinski definition) is 1. The molecule has 0 radical (unpaired) electrons. The van der Waals surface area contributed by atoms with Gasteiger partial charge in [0.15, 0.2) is 0 Å². The van der Waals surface area contributed by atoms with E-state index < -0.39 is 0 Å². The van der Waals surface area contributed by atoms with Crippen molar-refractivity contribution in [1.82, 2.24) is 10.3 Å². The minimum Gasteiger partial charge on any atom is -0.480 e. The van der Waals surface area contributed by atoms with Crippen molar-refractivity contribution < 1.29 is 9.53 Å². The van der Waals surface area contributed by atoms with Crippen LogP contribution in [0.2, 0.25) is 5.02 Å². The fourth-order valence-electron chi connectivity index (χ4n) is 3.16. The zero-order valence-corrected chi connectivity index (χ0v) is 16.9. The zero-order valence-electron chi connectivity index (χ0n) is 16.2. The van der Waals surface area contributed by atoms with Crippen LogP contribution < -0.4 is 10.1 Å². The molecule has 1 atom stereocenters. The van der Waals surface area contributed by atoms with Gasteiger partial charge in [0.25, 0.3) is 0 Å². The lowest BCUT2D eigenvalue weighted by molar-refractivity contribution is -0.119. The third kappa shape index (κ3) is 4.51. The number of amides is 1. The summed E-state index contributed by atoms with van der Waals surface area (Å²) >= 11 is 6.14. The Balaban J connectivity index is 2.05. The fourth-order valence-corrected chi connectivity index (χ4v) is 3.34. The van der Waals surface area contributed by atoms with Crippen LogP contribution in [0.5, 0.6) is 5.88 Å². The van der Waals surface area contributed by atoms with Gasteiger partial charge in [-0.05, 0) is 35.1 Å². The van der Waals surface area contributed by atoms with Crippen LogP contribution >= 0.6 is 11.6 Å². The molecule has 1 amide bonds. The molecule has 27 heavy (non-hydrogen) atoms. The number of methoxy groups -OCH3 is 1. The summed E-state index contributed by atoms with van der Waals surface area (Å²) in [6.07, 6.45) is 3.41. The Morgan fingerprint density at radius 3 is 2.48 bits per heavy atom. The number of halogens is 1. The Morgan fingerprint density at radius 2 is 1.93 bits per heavy atom. The highest BCUT2D eigenvalue weighted by atomic mass is 35.5. The summed E-state index contributed by atoms with van der Waals surface area (Å²) in [6, 6.07) is 12.2. The monoisotopic (exact) mass is 384 g/mol. The molecule has 1 saturated heterocycles. The molecule has 0 saturated carbocycles. The second-order valence-electron chi connectivity index (χ2n) is 7.81. The Morgan fingerprint density at radius 1 is 1.22 bits per heavy atom. The molecule has 5 heteroatoms. The Kier molecular flexibility index (Phi) is 5.56. The molecule has 1 aliphatic rings. The maximum Gasteiger partial charge on any atom is 0.232 e. The molecule has 1 N–H and O–H groups in total. The van der Waals surface area contributed by atoms with E-state index in [1.54, 1.807) is 13.2 Å². The number of pyridine rings is 1. The molecule has 0 unspecified atom stereocenters. The van der Waals surface area contributed by atoms with Gasteiger partial charge < -0.3 is 10.1 Å². The summed E-state index contributed by atoms with van der Waals surface area (Å²) in [7, 11) is 1.55. The molecule has 0 bridgehead atoms. The highest BCUT2D eigenvalue weighted by Crippen LogP contribution is 2.31. The largest absolute Gasteiger partial charge is 0.480 e. The number of carbonyl (C=O) groups is 1. The molecule has 2 heterocycles. The van der Waals surface area contributed by atoms with Crippen molar-refractivity contribution >= 4 is 23.1 Å². The smallest absolute Gasteiger partial charge is 0.232 e. The standard InChI is InChI=1S/C22H25ClN2O2/c1-22(2,3)15-7-5-14(6-8-15)17(13-16-9-12-20(26)24-16)19-11-10-18(23)21(25-19)27-4/h5-8,10-11,13,16H,9,12H2,1-4H3,(H,24,26)/b17-13+/t16-/m1/s1. The highest BCUT2D eigenvalue weighted by molar-refractivity contribution is 6.31. The fraction of sp³-hybridized carbons (Fsp3) is 0.364. The van der Waals surface area contributed by atoms with E-state index in [1.165, 1.54) is 5.56 Å². The number of benzene rings is 1. The molecule has 142 valence electrons. The lowest BCUT2D eigenvalue weighted by Gasteiger charge is -2.20. The van der Waals surface area contributed by atoms with Gasteiger partial charge in [-0.25, -0.2) is 4.98 Å². The topological polar surface area (TPSA) is 51.2 Å². The van der Waals surface area contributed by atoms with Crippen LogP contribution in [0.25, 0.3) is 5.57 Å². The van der Waals surface area contributed by atoms with E-state index in [2.05, 4.69) is 61.4 Å². The maximum absolute atomic E-state index is 11.6. The van der Waals surface area contributed by atoms with Crippen molar-refractivity contribution in [3.63, 3.8) is 0 Å². The van der Waals surface area contributed by atoms with E-state index in [-0.39, 0.29) is 17.4 Å². The molecule has 4 nitrogen and oxygen atoms in total. The molecule has 0 spiro atoms. The zero-order chi connectivity index (χ0) is 19.6. The lowest BCUT2D eigenvalue weighted by atomic mass is 9.86. The number of aromatic nitrogens is 1. The second kappa shape index (κ2) is 7.73. The Bertz CT molecular complexity index is 867. The number of nitrogens with one attached hydrogen (secondary N) is 1. The first-order valence-electron chi connectivity index (χ1n) is 9.11. The maximum atomic E-state index is 11.6. The van der Waals surface area contributed by atoms with E-state index in [9.17, 15) is 4.79 Å². The third-order valence-electron chi connectivity index (χ3n) is 4.74.